The molecule has 0 saturated carbocycles. The molecule has 5 nitrogen and oxygen atoms in total. The number of carbonyl (C=O) groups excluding carboxylic acids is 1. The van der Waals surface area contributed by atoms with Crippen LogP contribution in [0.4, 0.5) is 18.0 Å². The number of benzene rings is 3. The maximum atomic E-state index is 12.4. The van der Waals surface area contributed by atoms with Crippen molar-refractivity contribution in [1.29, 1.82) is 0 Å². The Morgan fingerprint density at radius 1 is 0.938 bits per heavy atom. The molecule has 3 aromatic rings. The molecule has 0 aliphatic heterocycles. The number of hydrogen-bond donors (Lipinski definition) is 2. The summed E-state index contributed by atoms with van der Waals surface area (Å²) >= 11 is 0. The molecule has 32 heavy (non-hydrogen) atoms. The normalized spacial score (nSPS) is 13.8. The third-order valence-electron chi connectivity index (χ3n) is 5.33. The van der Waals surface area contributed by atoms with Gasteiger partial charge in [-0.3, -0.25) is 0 Å². The number of alkyl halides is 3. The topological polar surface area (TPSA) is 67.8 Å². The molecular weight excluding hydrogens is 423 g/mol. The maximum Gasteiger partial charge on any atom is 0.573 e. The van der Waals surface area contributed by atoms with Gasteiger partial charge in [0, 0.05) is 5.92 Å². The number of carbonyl (C=O) groups is 1. The lowest BCUT2D eigenvalue weighted by molar-refractivity contribution is -0.274. The smallest absolute Gasteiger partial charge is 0.449 e. The van der Waals surface area contributed by atoms with E-state index in [2.05, 4.69) is 10.1 Å². The molecule has 0 heterocycles. The number of rotatable bonds is 6. The predicted molar refractivity (Wildman–Crippen MR) is 111 cm³/mol. The van der Waals surface area contributed by atoms with Gasteiger partial charge in [-0.1, -0.05) is 60.7 Å². The number of amides is 1. The van der Waals surface area contributed by atoms with Crippen molar-refractivity contribution in [1.82, 2.24) is 5.32 Å². The minimum Gasteiger partial charge on any atom is -0.449 e. The molecule has 0 fully saturated rings. The molecule has 1 aliphatic carbocycles. The average Bonchev–Trinajstić information content (AvgIpc) is 3.09. The van der Waals surface area contributed by atoms with Crippen molar-refractivity contribution in [2.45, 2.75) is 18.3 Å². The molecule has 166 valence electrons. The van der Waals surface area contributed by atoms with Gasteiger partial charge in [-0.2, -0.15) is 0 Å². The van der Waals surface area contributed by atoms with Crippen LogP contribution in [-0.2, 0) is 4.74 Å². The van der Waals surface area contributed by atoms with Crippen LogP contribution in [0.25, 0.3) is 11.1 Å². The van der Waals surface area contributed by atoms with Gasteiger partial charge < -0.3 is 19.9 Å². The van der Waals surface area contributed by atoms with Gasteiger partial charge in [-0.05, 0) is 39.9 Å². The van der Waals surface area contributed by atoms with E-state index in [4.69, 9.17) is 4.74 Å². The molecule has 8 heteroatoms. The number of aliphatic hydroxyl groups is 1. The first kappa shape index (κ1) is 21.7. The standard InChI is InChI=1S/C24H20F3NO4/c25-24(26,27)32-16-11-9-15(10-12-16)22(13-29)28-23(30)31-14-21-19-7-3-1-5-17(19)18-6-2-4-8-20(18)21/h1-12,21-22,29H,13-14H2,(H,28,30). The van der Waals surface area contributed by atoms with Crippen molar-refractivity contribution in [3.8, 4) is 16.9 Å². The summed E-state index contributed by atoms with van der Waals surface area (Å²) in [6, 6.07) is 19.9. The van der Waals surface area contributed by atoms with Crippen molar-refractivity contribution in [3.63, 3.8) is 0 Å². The van der Waals surface area contributed by atoms with E-state index >= 15 is 0 Å². The summed E-state index contributed by atoms with van der Waals surface area (Å²) < 4.78 is 46.2. The molecule has 0 aromatic heterocycles. The Bertz CT molecular complexity index is 1050. The Kier molecular flexibility index (Phi) is 6.05. The van der Waals surface area contributed by atoms with Crippen LogP contribution >= 0.6 is 0 Å². The zero-order valence-corrected chi connectivity index (χ0v) is 16.8. The van der Waals surface area contributed by atoms with E-state index in [9.17, 15) is 23.1 Å². The monoisotopic (exact) mass is 443 g/mol. The van der Waals surface area contributed by atoms with Gasteiger partial charge in [0.2, 0.25) is 0 Å². The first-order chi connectivity index (χ1) is 15.4. The fraction of sp³-hybridized carbons (Fsp3) is 0.208. The molecule has 3 aromatic carbocycles. The molecular formula is C24H20F3NO4. The van der Waals surface area contributed by atoms with Crippen LogP contribution in [0.1, 0.15) is 28.7 Å². The summed E-state index contributed by atoms with van der Waals surface area (Å²) in [6.07, 6.45) is -5.53. The van der Waals surface area contributed by atoms with Gasteiger partial charge in [0.15, 0.2) is 0 Å². The predicted octanol–water partition coefficient (Wildman–Crippen LogP) is 5.16. The minimum atomic E-state index is -4.79. The van der Waals surface area contributed by atoms with E-state index in [1.807, 2.05) is 48.5 Å². The minimum absolute atomic E-state index is 0.108. The highest BCUT2D eigenvalue weighted by Crippen LogP contribution is 2.44. The molecule has 1 aliphatic rings. The Morgan fingerprint density at radius 2 is 1.50 bits per heavy atom. The highest BCUT2D eigenvalue weighted by molar-refractivity contribution is 5.79. The second-order valence-electron chi connectivity index (χ2n) is 7.32. The average molecular weight is 443 g/mol. The SMILES string of the molecule is O=C(NC(CO)c1ccc(OC(F)(F)F)cc1)OCC1c2ccccc2-c2ccccc21. The van der Waals surface area contributed by atoms with Crippen LogP contribution in [0.2, 0.25) is 0 Å². The van der Waals surface area contributed by atoms with Crippen molar-refractivity contribution in [3.05, 3.63) is 89.5 Å². The molecule has 4 rings (SSSR count). The highest BCUT2D eigenvalue weighted by atomic mass is 19.4. The molecule has 1 unspecified atom stereocenters. The fourth-order valence-corrected chi connectivity index (χ4v) is 3.92. The molecule has 0 spiro atoms. The largest absolute Gasteiger partial charge is 0.573 e. The molecule has 0 radical (unpaired) electrons. The summed E-state index contributed by atoms with van der Waals surface area (Å²) in [4.78, 5) is 12.4. The zero-order valence-electron chi connectivity index (χ0n) is 16.8. The van der Waals surface area contributed by atoms with E-state index in [0.29, 0.717) is 5.56 Å². The summed E-state index contributed by atoms with van der Waals surface area (Å²) in [5, 5.41) is 12.2. The third kappa shape index (κ3) is 4.70. The Labute approximate surface area is 182 Å². The van der Waals surface area contributed by atoms with Crippen LogP contribution < -0.4 is 10.1 Å². The fourth-order valence-electron chi connectivity index (χ4n) is 3.92. The third-order valence-corrected chi connectivity index (χ3v) is 5.33. The summed E-state index contributed by atoms with van der Waals surface area (Å²) in [5.41, 5.74) is 4.76. The van der Waals surface area contributed by atoms with Crippen molar-refractivity contribution in [2.75, 3.05) is 13.2 Å². The van der Waals surface area contributed by atoms with E-state index in [1.54, 1.807) is 0 Å². The zero-order chi connectivity index (χ0) is 22.7. The quantitative estimate of drug-likeness (QED) is 0.553. The van der Waals surface area contributed by atoms with Crippen LogP contribution in [0.3, 0.4) is 0 Å². The summed E-state index contributed by atoms with van der Waals surface area (Å²) in [7, 11) is 0. The number of nitrogens with one attached hydrogen (secondary N) is 1. The van der Waals surface area contributed by atoms with Crippen LogP contribution in [-0.4, -0.2) is 30.8 Å². The molecule has 0 saturated heterocycles. The molecule has 2 N–H and O–H groups in total. The van der Waals surface area contributed by atoms with E-state index in [-0.39, 0.29) is 18.3 Å². The number of ether oxygens (including phenoxy) is 2. The summed E-state index contributed by atoms with van der Waals surface area (Å²) in [6.45, 7) is -0.347. The Hall–Kier alpha value is -3.52. The Balaban J connectivity index is 1.40. The van der Waals surface area contributed by atoms with Gasteiger partial charge in [0.25, 0.3) is 0 Å². The molecule has 1 amide bonds. The number of aliphatic hydroxyl groups excluding tert-OH is 1. The molecule has 0 bridgehead atoms. The second kappa shape index (κ2) is 8.92. The highest BCUT2D eigenvalue weighted by Gasteiger charge is 2.31. The van der Waals surface area contributed by atoms with Gasteiger partial charge in [0.1, 0.15) is 12.4 Å². The lowest BCUT2D eigenvalue weighted by Crippen LogP contribution is -2.32. The number of fused-ring (bicyclic) bond motifs is 3. The Morgan fingerprint density at radius 3 is 2.03 bits per heavy atom. The lowest BCUT2D eigenvalue weighted by Gasteiger charge is -2.19. The van der Waals surface area contributed by atoms with Crippen molar-refractivity contribution < 1.29 is 32.5 Å². The van der Waals surface area contributed by atoms with Crippen LogP contribution in [0, 0.1) is 0 Å². The van der Waals surface area contributed by atoms with Crippen molar-refractivity contribution in [2.24, 2.45) is 0 Å². The first-order valence-electron chi connectivity index (χ1n) is 9.94. The number of halogens is 3. The van der Waals surface area contributed by atoms with Crippen LogP contribution in [0.5, 0.6) is 5.75 Å². The van der Waals surface area contributed by atoms with E-state index in [0.717, 1.165) is 34.4 Å². The van der Waals surface area contributed by atoms with Gasteiger partial charge in [0.05, 0.1) is 12.6 Å². The number of hydrogen-bond acceptors (Lipinski definition) is 4. The van der Waals surface area contributed by atoms with E-state index in [1.165, 1.54) is 12.1 Å². The van der Waals surface area contributed by atoms with Gasteiger partial charge >= 0.3 is 12.5 Å². The van der Waals surface area contributed by atoms with Crippen LogP contribution in [0.15, 0.2) is 72.8 Å². The second-order valence-corrected chi connectivity index (χ2v) is 7.32. The maximum absolute atomic E-state index is 12.4. The van der Waals surface area contributed by atoms with E-state index < -0.39 is 25.1 Å². The molecule has 1 atom stereocenters. The van der Waals surface area contributed by atoms with Crippen molar-refractivity contribution >= 4 is 6.09 Å². The lowest BCUT2D eigenvalue weighted by atomic mass is 9.98. The first-order valence-corrected chi connectivity index (χ1v) is 9.94. The summed E-state index contributed by atoms with van der Waals surface area (Å²) in [5.74, 6) is -0.501. The number of alkyl carbamates (subject to hydrolysis) is 1. The van der Waals surface area contributed by atoms with Gasteiger partial charge in [-0.15, -0.1) is 13.2 Å². The van der Waals surface area contributed by atoms with Gasteiger partial charge in [-0.25, -0.2) is 4.79 Å².